The van der Waals surface area contributed by atoms with E-state index in [0.29, 0.717) is 6.04 Å². The van der Waals surface area contributed by atoms with Crippen molar-refractivity contribution < 1.29 is 27.5 Å². The first kappa shape index (κ1) is 20.5. The van der Waals surface area contributed by atoms with E-state index in [9.17, 15) is 0 Å². The predicted octanol–water partition coefficient (Wildman–Crippen LogP) is 2.74. The highest BCUT2D eigenvalue weighted by molar-refractivity contribution is 9.09. The molecule has 8 heteroatoms. The van der Waals surface area contributed by atoms with E-state index in [-0.39, 0.29) is 0 Å². The van der Waals surface area contributed by atoms with Crippen molar-refractivity contribution in [2.24, 2.45) is 0 Å². The van der Waals surface area contributed by atoms with Crippen LogP contribution in [0, 0.1) is 0 Å². The number of rotatable bonds is 12. The number of ether oxygens (including phenoxy) is 3. The van der Waals surface area contributed by atoms with E-state index in [4.69, 9.17) is 27.5 Å². The molecule has 0 aromatic rings. The summed E-state index contributed by atoms with van der Waals surface area (Å²) in [6, 6.07) is 0.646. The second kappa shape index (κ2) is 11.1. The molecule has 0 saturated carbocycles. The van der Waals surface area contributed by atoms with E-state index in [1.807, 2.05) is 0 Å². The van der Waals surface area contributed by atoms with Gasteiger partial charge in [-0.2, -0.15) is 0 Å². The summed E-state index contributed by atoms with van der Waals surface area (Å²) in [5.41, 5.74) is 0. The summed E-state index contributed by atoms with van der Waals surface area (Å²) in [5.74, 6) is 0. The molecule has 0 radical (unpaired) electrons. The molecule has 0 heterocycles. The minimum absolute atomic E-state index is 0.426. The average Bonchev–Trinajstić information content (AvgIpc) is 2.44. The molecule has 0 fully saturated rings. The van der Waals surface area contributed by atoms with Crippen molar-refractivity contribution in [3.8, 4) is 0 Å². The molecular weight excluding hydrogens is 348 g/mol. The molecule has 0 saturated heterocycles. The molecule has 122 valence electrons. The fourth-order valence-electron chi connectivity index (χ4n) is 1.45. The van der Waals surface area contributed by atoms with Crippen molar-refractivity contribution >= 4 is 24.7 Å². The molecule has 0 aromatic carbocycles. The van der Waals surface area contributed by atoms with Gasteiger partial charge in [0.25, 0.3) is 0 Å². The topological polar surface area (TPSA) is 55.4 Å². The lowest BCUT2D eigenvalue weighted by atomic mass is 10.6. The van der Waals surface area contributed by atoms with E-state index in [0.717, 1.165) is 11.8 Å². The van der Waals surface area contributed by atoms with Gasteiger partial charge in [0.1, 0.15) is 18.9 Å². The zero-order chi connectivity index (χ0) is 15.6. The smallest absolute Gasteiger partial charge is 0.357 e. The van der Waals surface area contributed by atoms with Gasteiger partial charge in [-0.25, -0.2) is 0 Å². The molecule has 0 N–H and O–H groups in total. The summed E-state index contributed by atoms with van der Waals surface area (Å²) in [6.45, 7) is 5.41. The Balaban J connectivity index is 5.03. The Morgan fingerprint density at radius 2 is 1.15 bits per heavy atom. The maximum absolute atomic E-state index is 5.93. The van der Waals surface area contributed by atoms with Gasteiger partial charge in [-0.05, 0) is 27.2 Å². The van der Waals surface area contributed by atoms with Crippen LogP contribution < -0.4 is 0 Å². The highest BCUT2D eigenvalue weighted by atomic mass is 79.9. The van der Waals surface area contributed by atoms with Gasteiger partial charge in [0, 0.05) is 32.7 Å². The molecule has 6 nitrogen and oxygen atoms in total. The van der Waals surface area contributed by atoms with Crippen molar-refractivity contribution in [1.82, 2.24) is 0 Å². The Labute approximate surface area is 131 Å². The zero-order valence-electron chi connectivity index (χ0n) is 13.2. The van der Waals surface area contributed by atoms with Gasteiger partial charge in [0.15, 0.2) is 0 Å². The van der Waals surface area contributed by atoms with Crippen molar-refractivity contribution in [3.05, 3.63) is 0 Å². The van der Waals surface area contributed by atoms with E-state index in [1.165, 1.54) is 0 Å². The summed E-state index contributed by atoms with van der Waals surface area (Å²) in [6.07, 6.45) is -0.421. The summed E-state index contributed by atoms with van der Waals surface area (Å²) in [5, 5.41) is 0.835. The first-order valence-corrected chi connectivity index (χ1v) is 9.66. The second-order valence-electron chi connectivity index (χ2n) is 4.24. The molecule has 0 rings (SSSR count). The molecule has 0 amide bonds. The lowest BCUT2D eigenvalue weighted by molar-refractivity contribution is -0.163. The number of alkyl halides is 1. The van der Waals surface area contributed by atoms with Gasteiger partial charge in [-0.1, -0.05) is 15.9 Å². The van der Waals surface area contributed by atoms with Gasteiger partial charge < -0.3 is 27.5 Å². The molecule has 0 spiro atoms. The molecule has 0 aliphatic carbocycles. The largest absolute Gasteiger partial charge is 0.506 e. The zero-order valence-corrected chi connectivity index (χ0v) is 15.8. The van der Waals surface area contributed by atoms with E-state index >= 15 is 0 Å². The Morgan fingerprint density at radius 1 is 0.800 bits per heavy atom. The van der Waals surface area contributed by atoms with Crippen LogP contribution in [-0.2, 0) is 27.5 Å². The maximum atomic E-state index is 5.93. The highest BCUT2D eigenvalue weighted by Crippen LogP contribution is 2.24. The van der Waals surface area contributed by atoms with Crippen molar-refractivity contribution in [3.63, 3.8) is 0 Å². The second-order valence-corrected chi connectivity index (χ2v) is 7.61. The fourth-order valence-corrected chi connectivity index (χ4v) is 5.18. The van der Waals surface area contributed by atoms with Crippen LogP contribution in [-0.4, -0.2) is 54.3 Å². The molecule has 3 unspecified atom stereocenters. The summed E-state index contributed by atoms with van der Waals surface area (Å²) < 4.78 is 33.3. The number of hydrogen-bond acceptors (Lipinski definition) is 6. The first-order valence-electron chi connectivity index (χ1n) is 6.60. The highest BCUT2D eigenvalue weighted by Gasteiger charge is 2.45. The third-order valence-corrected chi connectivity index (χ3v) is 6.25. The first-order chi connectivity index (χ1) is 9.42. The van der Waals surface area contributed by atoms with Crippen LogP contribution >= 0.6 is 15.9 Å². The lowest BCUT2D eigenvalue weighted by Gasteiger charge is -2.35. The standard InChI is InChI=1S/C12H27BrO6Si/c1-10(14-4)17-20(9-7-8-13,18-11(2)15-5)19-12(3)16-6/h10-12H,7-9H2,1-6H3. The van der Waals surface area contributed by atoms with Crippen LogP contribution in [0.4, 0.5) is 0 Å². The predicted molar refractivity (Wildman–Crippen MR) is 81.6 cm³/mol. The van der Waals surface area contributed by atoms with Crippen molar-refractivity contribution in [2.45, 2.75) is 52.1 Å². The van der Waals surface area contributed by atoms with Gasteiger partial charge >= 0.3 is 8.80 Å². The van der Waals surface area contributed by atoms with Crippen LogP contribution in [0.25, 0.3) is 0 Å². The van der Waals surface area contributed by atoms with Crippen molar-refractivity contribution in [1.29, 1.82) is 0 Å². The SMILES string of the molecule is COC(C)O[Si](CCCBr)(OC(C)OC)OC(C)OC. The van der Waals surface area contributed by atoms with Crippen molar-refractivity contribution in [2.75, 3.05) is 26.7 Å². The van der Waals surface area contributed by atoms with Crippen LogP contribution in [0.5, 0.6) is 0 Å². The molecule has 0 aliphatic rings. The minimum atomic E-state index is -2.97. The van der Waals surface area contributed by atoms with Crippen LogP contribution in [0.1, 0.15) is 27.2 Å². The average molecular weight is 375 g/mol. The molecular formula is C12H27BrO6Si. The molecule has 0 aliphatic heterocycles. The molecule has 20 heavy (non-hydrogen) atoms. The van der Waals surface area contributed by atoms with E-state index in [1.54, 1.807) is 42.1 Å². The van der Waals surface area contributed by atoms with Crippen LogP contribution in [0.3, 0.4) is 0 Å². The summed E-state index contributed by atoms with van der Waals surface area (Å²) >= 11 is 3.41. The Kier molecular flexibility index (Phi) is 11.3. The van der Waals surface area contributed by atoms with E-state index < -0.39 is 27.7 Å². The Bertz CT molecular complexity index is 215. The summed E-state index contributed by atoms with van der Waals surface area (Å²) in [7, 11) is 1.76. The third kappa shape index (κ3) is 8.04. The number of halogens is 1. The number of methoxy groups -OCH3 is 3. The quantitative estimate of drug-likeness (QED) is 0.297. The molecule has 0 aromatic heterocycles. The van der Waals surface area contributed by atoms with Gasteiger partial charge in [-0.3, -0.25) is 0 Å². The fraction of sp³-hybridized carbons (Fsp3) is 1.00. The Morgan fingerprint density at radius 3 is 1.40 bits per heavy atom. The normalized spacial score (nSPS) is 19.4. The lowest BCUT2D eigenvalue weighted by Crippen LogP contribution is -2.52. The van der Waals surface area contributed by atoms with Gasteiger partial charge in [0.2, 0.25) is 0 Å². The van der Waals surface area contributed by atoms with Gasteiger partial charge in [0.05, 0.1) is 0 Å². The molecule has 3 atom stereocenters. The monoisotopic (exact) mass is 374 g/mol. The summed E-state index contributed by atoms with van der Waals surface area (Å²) in [4.78, 5) is 0. The van der Waals surface area contributed by atoms with E-state index in [2.05, 4.69) is 15.9 Å². The third-order valence-electron chi connectivity index (χ3n) is 2.65. The van der Waals surface area contributed by atoms with Crippen LogP contribution in [0.2, 0.25) is 6.04 Å². The molecule has 0 bridgehead atoms. The minimum Gasteiger partial charge on any atom is -0.357 e. The maximum Gasteiger partial charge on any atom is 0.506 e. The van der Waals surface area contributed by atoms with Gasteiger partial charge in [-0.15, -0.1) is 0 Å². The van der Waals surface area contributed by atoms with Crippen LogP contribution in [0.15, 0.2) is 0 Å². The number of hydrogen-bond donors (Lipinski definition) is 0. The Hall–Kier alpha value is 0.457.